The maximum atomic E-state index is 12.4. The number of anilines is 4. The molecule has 0 aromatic heterocycles. The Hall–Kier alpha value is -4.58. The normalized spacial score (nSPS) is 10.4. The first kappa shape index (κ1) is 24.5. The summed E-state index contributed by atoms with van der Waals surface area (Å²) < 4.78 is 0. The predicted molar refractivity (Wildman–Crippen MR) is 149 cm³/mol. The molecule has 0 spiro atoms. The van der Waals surface area contributed by atoms with Crippen LogP contribution in [0.3, 0.4) is 0 Å². The summed E-state index contributed by atoms with van der Waals surface area (Å²) in [5, 5.41) is 11.5. The summed E-state index contributed by atoms with van der Waals surface area (Å²) in [6.07, 6.45) is 0. The fraction of sp³-hybridized carbons (Fsp3) is 0.133. The zero-order chi connectivity index (χ0) is 25.7. The molecule has 0 radical (unpaired) electrons. The van der Waals surface area contributed by atoms with Gasteiger partial charge in [0.1, 0.15) is 0 Å². The molecule has 4 aromatic carbocycles. The first-order chi connectivity index (χ1) is 17.3. The third-order valence-electron chi connectivity index (χ3n) is 5.88. The van der Waals surface area contributed by atoms with Crippen molar-refractivity contribution in [3.8, 4) is 11.1 Å². The second-order valence-corrected chi connectivity index (χ2v) is 8.95. The number of rotatable bonds is 5. The van der Waals surface area contributed by atoms with E-state index < -0.39 is 0 Å². The molecule has 4 N–H and O–H groups in total. The van der Waals surface area contributed by atoms with Crippen LogP contribution in [0, 0.1) is 27.7 Å². The van der Waals surface area contributed by atoms with Crippen LogP contribution in [0.1, 0.15) is 22.3 Å². The lowest BCUT2D eigenvalue weighted by Crippen LogP contribution is -2.19. The van der Waals surface area contributed by atoms with Gasteiger partial charge in [0.05, 0.1) is 0 Å². The molecule has 6 heteroatoms. The van der Waals surface area contributed by atoms with E-state index in [1.165, 1.54) is 0 Å². The summed E-state index contributed by atoms with van der Waals surface area (Å²) in [6, 6.07) is 26.4. The van der Waals surface area contributed by atoms with Gasteiger partial charge in [-0.05, 0) is 98.5 Å². The van der Waals surface area contributed by atoms with Gasteiger partial charge in [0, 0.05) is 22.7 Å². The SMILES string of the molecule is Cc1ccc(NC(=O)Nc2ccc(-c3ccc(NC(=O)Nc4ccc(C)cc4)cc3C)c(C)c2)cc1. The zero-order valence-corrected chi connectivity index (χ0v) is 20.9. The quantitative estimate of drug-likeness (QED) is 0.235. The van der Waals surface area contributed by atoms with Gasteiger partial charge in [-0.2, -0.15) is 0 Å². The molecular formula is C30H30N4O2. The summed E-state index contributed by atoms with van der Waals surface area (Å²) in [6.45, 7) is 8.03. The molecule has 6 nitrogen and oxygen atoms in total. The van der Waals surface area contributed by atoms with Gasteiger partial charge in [0.25, 0.3) is 0 Å². The molecule has 0 aliphatic rings. The van der Waals surface area contributed by atoms with Crippen LogP contribution < -0.4 is 21.3 Å². The molecule has 36 heavy (non-hydrogen) atoms. The fourth-order valence-corrected chi connectivity index (χ4v) is 3.95. The molecule has 0 saturated heterocycles. The van der Waals surface area contributed by atoms with Crippen LogP contribution in [0.5, 0.6) is 0 Å². The highest BCUT2D eigenvalue weighted by atomic mass is 16.2. The minimum atomic E-state index is -0.290. The van der Waals surface area contributed by atoms with Crippen molar-refractivity contribution < 1.29 is 9.59 Å². The monoisotopic (exact) mass is 478 g/mol. The first-order valence-electron chi connectivity index (χ1n) is 11.8. The maximum absolute atomic E-state index is 12.4. The summed E-state index contributed by atoms with van der Waals surface area (Å²) in [5.74, 6) is 0. The number of hydrogen-bond donors (Lipinski definition) is 4. The van der Waals surface area contributed by atoms with Crippen LogP contribution in [0.2, 0.25) is 0 Å². The number of carbonyl (C=O) groups is 2. The van der Waals surface area contributed by atoms with Crippen LogP contribution in [0.4, 0.5) is 32.3 Å². The number of nitrogens with one attached hydrogen (secondary N) is 4. The molecule has 0 fully saturated rings. The van der Waals surface area contributed by atoms with Crippen molar-refractivity contribution in [2.24, 2.45) is 0 Å². The lowest BCUT2D eigenvalue weighted by molar-refractivity contribution is 0.261. The number of hydrogen-bond acceptors (Lipinski definition) is 2. The topological polar surface area (TPSA) is 82.3 Å². The molecule has 4 amide bonds. The molecule has 4 aromatic rings. The number of urea groups is 2. The van der Waals surface area contributed by atoms with Crippen molar-refractivity contribution in [3.63, 3.8) is 0 Å². The Balaban J connectivity index is 1.40. The number of carbonyl (C=O) groups excluding carboxylic acids is 2. The molecule has 0 heterocycles. The van der Waals surface area contributed by atoms with E-state index in [-0.39, 0.29) is 12.1 Å². The molecule has 0 aliphatic carbocycles. The number of amides is 4. The second-order valence-electron chi connectivity index (χ2n) is 8.95. The lowest BCUT2D eigenvalue weighted by atomic mass is 9.96. The van der Waals surface area contributed by atoms with Crippen LogP contribution in [-0.4, -0.2) is 12.1 Å². The van der Waals surface area contributed by atoms with Crippen LogP contribution >= 0.6 is 0 Å². The Kier molecular flexibility index (Phi) is 7.35. The Morgan fingerprint density at radius 3 is 1.08 bits per heavy atom. The van der Waals surface area contributed by atoms with Crippen molar-refractivity contribution in [1.29, 1.82) is 0 Å². The van der Waals surface area contributed by atoms with E-state index in [1.807, 2.05) is 113 Å². The van der Waals surface area contributed by atoms with Gasteiger partial charge in [-0.1, -0.05) is 47.5 Å². The number of aryl methyl sites for hydroxylation is 4. The van der Waals surface area contributed by atoms with Gasteiger partial charge in [-0.15, -0.1) is 0 Å². The van der Waals surface area contributed by atoms with Gasteiger partial charge in [0.2, 0.25) is 0 Å². The van der Waals surface area contributed by atoms with E-state index in [4.69, 9.17) is 0 Å². The largest absolute Gasteiger partial charge is 0.323 e. The first-order valence-corrected chi connectivity index (χ1v) is 11.8. The third-order valence-corrected chi connectivity index (χ3v) is 5.88. The van der Waals surface area contributed by atoms with Gasteiger partial charge in [-0.25, -0.2) is 9.59 Å². The van der Waals surface area contributed by atoms with E-state index in [0.717, 1.165) is 44.8 Å². The average molecular weight is 479 g/mol. The smallest absolute Gasteiger partial charge is 0.308 e. The zero-order valence-electron chi connectivity index (χ0n) is 20.9. The standard InChI is InChI=1S/C30H30N4O2/c1-19-5-9-23(10-6-19)31-29(35)33-25-13-15-27(21(3)17-25)28-16-14-26(18-22(28)4)34-30(36)32-24-11-7-20(2)8-12-24/h5-18H,1-4H3,(H2,31,33,35)(H2,32,34,36). The molecule has 0 unspecified atom stereocenters. The summed E-state index contributed by atoms with van der Waals surface area (Å²) in [7, 11) is 0. The molecule has 0 atom stereocenters. The van der Waals surface area contributed by atoms with E-state index in [9.17, 15) is 9.59 Å². The van der Waals surface area contributed by atoms with Gasteiger partial charge in [-0.3, -0.25) is 0 Å². The molecule has 0 bridgehead atoms. The molecule has 0 aliphatic heterocycles. The minimum Gasteiger partial charge on any atom is -0.308 e. The summed E-state index contributed by atoms with van der Waals surface area (Å²) >= 11 is 0. The van der Waals surface area contributed by atoms with Crippen molar-refractivity contribution in [3.05, 3.63) is 107 Å². The fourth-order valence-electron chi connectivity index (χ4n) is 3.95. The van der Waals surface area contributed by atoms with Crippen molar-refractivity contribution >= 4 is 34.8 Å². The van der Waals surface area contributed by atoms with Crippen molar-refractivity contribution in [2.45, 2.75) is 27.7 Å². The molecule has 182 valence electrons. The highest BCUT2D eigenvalue weighted by molar-refractivity contribution is 6.01. The Labute approximate surface area is 211 Å². The summed E-state index contributed by atoms with van der Waals surface area (Å²) in [5.41, 5.74) is 9.36. The van der Waals surface area contributed by atoms with E-state index in [0.29, 0.717) is 11.4 Å². The second kappa shape index (κ2) is 10.8. The Morgan fingerprint density at radius 2 is 0.750 bits per heavy atom. The molecule has 0 saturated carbocycles. The van der Waals surface area contributed by atoms with Gasteiger partial charge < -0.3 is 21.3 Å². The average Bonchev–Trinajstić information content (AvgIpc) is 2.83. The highest BCUT2D eigenvalue weighted by Crippen LogP contribution is 2.30. The Bertz CT molecular complexity index is 1280. The van der Waals surface area contributed by atoms with E-state index >= 15 is 0 Å². The third kappa shape index (κ3) is 6.30. The van der Waals surface area contributed by atoms with E-state index in [2.05, 4.69) is 21.3 Å². The van der Waals surface area contributed by atoms with Gasteiger partial charge >= 0.3 is 12.1 Å². The Morgan fingerprint density at radius 1 is 0.444 bits per heavy atom. The van der Waals surface area contributed by atoms with Gasteiger partial charge in [0.15, 0.2) is 0 Å². The summed E-state index contributed by atoms with van der Waals surface area (Å²) in [4.78, 5) is 24.8. The van der Waals surface area contributed by atoms with Crippen LogP contribution in [0.25, 0.3) is 11.1 Å². The van der Waals surface area contributed by atoms with Crippen LogP contribution in [0.15, 0.2) is 84.9 Å². The van der Waals surface area contributed by atoms with E-state index in [1.54, 1.807) is 0 Å². The predicted octanol–water partition coefficient (Wildman–Crippen LogP) is 7.88. The lowest BCUT2D eigenvalue weighted by Gasteiger charge is -2.14. The molecule has 4 rings (SSSR count). The number of benzene rings is 4. The highest BCUT2D eigenvalue weighted by Gasteiger charge is 2.10. The van der Waals surface area contributed by atoms with Crippen molar-refractivity contribution in [1.82, 2.24) is 0 Å². The molecular weight excluding hydrogens is 448 g/mol. The van der Waals surface area contributed by atoms with Crippen LogP contribution in [-0.2, 0) is 0 Å². The minimum absolute atomic E-state index is 0.290. The maximum Gasteiger partial charge on any atom is 0.323 e. The van der Waals surface area contributed by atoms with Crippen molar-refractivity contribution in [2.75, 3.05) is 21.3 Å².